The van der Waals surface area contributed by atoms with Crippen LogP contribution in [0.4, 0.5) is 0 Å². The summed E-state index contributed by atoms with van der Waals surface area (Å²) in [5.74, 6) is 2.02. The molecule has 1 aliphatic heterocycles. The molecular formula is C9H14O. The van der Waals surface area contributed by atoms with E-state index in [2.05, 4.69) is 13.8 Å². The maximum absolute atomic E-state index is 5.47. The number of hydrogen-bond acceptors (Lipinski definition) is 1. The zero-order valence-corrected chi connectivity index (χ0v) is 6.63. The van der Waals surface area contributed by atoms with Gasteiger partial charge < -0.3 is 4.74 Å². The maximum Gasteiger partial charge on any atom is 0.0845 e. The summed E-state index contributed by atoms with van der Waals surface area (Å²) < 4.78 is 5.47. The van der Waals surface area contributed by atoms with Crippen LogP contribution in [0.2, 0.25) is 0 Å². The van der Waals surface area contributed by atoms with Crippen LogP contribution in [0, 0.1) is 17.3 Å². The summed E-state index contributed by atoms with van der Waals surface area (Å²) in [6.45, 7) is 4.82. The minimum Gasteiger partial charge on any atom is -0.370 e. The maximum atomic E-state index is 5.47. The summed E-state index contributed by atoms with van der Waals surface area (Å²) in [6, 6.07) is 0. The number of hydrogen-bond donors (Lipinski definition) is 0. The first-order valence-corrected chi connectivity index (χ1v) is 4.35. The summed E-state index contributed by atoms with van der Waals surface area (Å²) in [7, 11) is 0. The van der Waals surface area contributed by atoms with Crippen molar-refractivity contribution in [3.63, 3.8) is 0 Å². The molecule has 0 aromatic rings. The van der Waals surface area contributed by atoms with Gasteiger partial charge in [0.05, 0.1) is 12.2 Å². The highest BCUT2D eigenvalue weighted by atomic mass is 16.6. The van der Waals surface area contributed by atoms with E-state index in [0.29, 0.717) is 17.6 Å². The molecule has 0 bridgehead atoms. The van der Waals surface area contributed by atoms with Crippen molar-refractivity contribution >= 4 is 0 Å². The van der Waals surface area contributed by atoms with Gasteiger partial charge in [0.25, 0.3) is 0 Å². The molecule has 1 nitrogen and oxygen atoms in total. The molecule has 1 saturated heterocycles. The molecule has 56 valence electrons. The van der Waals surface area contributed by atoms with E-state index >= 15 is 0 Å². The normalized spacial score (nSPS) is 60.6. The molecule has 2 saturated carbocycles. The van der Waals surface area contributed by atoms with Crippen molar-refractivity contribution in [1.82, 2.24) is 0 Å². The Morgan fingerprint density at radius 2 is 1.60 bits per heavy atom. The van der Waals surface area contributed by atoms with E-state index in [9.17, 15) is 0 Å². The summed E-state index contributed by atoms with van der Waals surface area (Å²) in [4.78, 5) is 0. The van der Waals surface area contributed by atoms with Crippen LogP contribution < -0.4 is 0 Å². The average Bonchev–Trinajstić information content (AvgIpc) is 2.70. The highest BCUT2D eigenvalue weighted by molar-refractivity contribution is 5.13. The Hall–Kier alpha value is -0.0400. The SMILES string of the molecule is CC1(C)[C@@H]2CC3OC3C[C@@H]21. The molecule has 3 aliphatic rings. The van der Waals surface area contributed by atoms with Crippen molar-refractivity contribution in [2.45, 2.75) is 38.9 Å². The van der Waals surface area contributed by atoms with Gasteiger partial charge in [0.2, 0.25) is 0 Å². The monoisotopic (exact) mass is 138 g/mol. The molecule has 1 heterocycles. The highest BCUT2D eigenvalue weighted by Gasteiger charge is 2.65. The fourth-order valence-corrected chi connectivity index (χ4v) is 2.89. The first kappa shape index (κ1) is 5.59. The van der Waals surface area contributed by atoms with Crippen molar-refractivity contribution in [1.29, 1.82) is 0 Å². The number of fused-ring (bicyclic) bond motifs is 2. The third-order valence-corrected chi connectivity index (χ3v) is 3.95. The van der Waals surface area contributed by atoms with Crippen molar-refractivity contribution in [3.05, 3.63) is 0 Å². The molecule has 0 aromatic heterocycles. The zero-order chi connectivity index (χ0) is 6.93. The van der Waals surface area contributed by atoms with Gasteiger partial charge in [-0.3, -0.25) is 0 Å². The lowest BCUT2D eigenvalue weighted by Crippen LogP contribution is -2.03. The standard InChI is InChI=1S/C9H14O/c1-9(2)5-3-7-8(10-7)4-6(5)9/h5-8H,3-4H2,1-2H3/t5-,6+,7?,8?. The fraction of sp³-hybridized carbons (Fsp3) is 1.00. The van der Waals surface area contributed by atoms with Gasteiger partial charge in [-0.05, 0) is 30.1 Å². The van der Waals surface area contributed by atoms with Crippen molar-refractivity contribution in [2.75, 3.05) is 0 Å². The lowest BCUT2D eigenvalue weighted by molar-refractivity contribution is 0.342. The van der Waals surface area contributed by atoms with E-state index in [1.165, 1.54) is 12.8 Å². The number of rotatable bonds is 0. The van der Waals surface area contributed by atoms with Gasteiger partial charge in [0.1, 0.15) is 0 Å². The molecule has 4 atom stereocenters. The molecule has 2 aliphatic carbocycles. The molecule has 0 spiro atoms. The number of epoxide rings is 1. The van der Waals surface area contributed by atoms with Gasteiger partial charge >= 0.3 is 0 Å². The van der Waals surface area contributed by atoms with Gasteiger partial charge in [-0.15, -0.1) is 0 Å². The van der Waals surface area contributed by atoms with Gasteiger partial charge in [-0.2, -0.15) is 0 Å². The second-order valence-corrected chi connectivity index (χ2v) is 4.72. The third kappa shape index (κ3) is 0.493. The number of ether oxygens (including phenoxy) is 1. The Balaban J connectivity index is 1.83. The van der Waals surface area contributed by atoms with E-state index in [4.69, 9.17) is 4.74 Å². The molecule has 0 radical (unpaired) electrons. The second-order valence-electron chi connectivity index (χ2n) is 4.72. The zero-order valence-electron chi connectivity index (χ0n) is 6.63. The third-order valence-electron chi connectivity index (χ3n) is 3.95. The van der Waals surface area contributed by atoms with Crippen LogP contribution >= 0.6 is 0 Å². The Kier molecular flexibility index (Phi) is 0.722. The topological polar surface area (TPSA) is 12.5 Å². The lowest BCUT2D eigenvalue weighted by atomic mass is 10.0. The lowest BCUT2D eigenvalue weighted by Gasteiger charge is -1.99. The van der Waals surface area contributed by atoms with Gasteiger partial charge in [-0.1, -0.05) is 13.8 Å². The molecule has 0 N–H and O–H groups in total. The van der Waals surface area contributed by atoms with E-state index in [-0.39, 0.29) is 0 Å². The largest absolute Gasteiger partial charge is 0.370 e. The Bertz CT molecular complexity index is 167. The first-order chi connectivity index (χ1) is 4.69. The van der Waals surface area contributed by atoms with Crippen molar-refractivity contribution < 1.29 is 4.74 Å². The summed E-state index contributed by atoms with van der Waals surface area (Å²) in [6.07, 6.45) is 4.09. The molecule has 10 heavy (non-hydrogen) atoms. The Labute approximate surface area is 61.8 Å². The predicted molar refractivity (Wildman–Crippen MR) is 38.7 cm³/mol. The smallest absolute Gasteiger partial charge is 0.0845 e. The van der Waals surface area contributed by atoms with Crippen LogP contribution in [0.25, 0.3) is 0 Å². The predicted octanol–water partition coefficient (Wildman–Crippen LogP) is 1.82. The molecule has 1 heteroatoms. The Morgan fingerprint density at radius 3 is 2.10 bits per heavy atom. The molecule has 0 aromatic carbocycles. The molecule has 0 amide bonds. The minimum atomic E-state index is 0.677. The van der Waals surface area contributed by atoms with Crippen LogP contribution in [0.3, 0.4) is 0 Å². The van der Waals surface area contributed by atoms with E-state index in [1.54, 1.807) is 0 Å². The van der Waals surface area contributed by atoms with E-state index in [1.807, 2.05) is 0 Å². The first-order valence-electron chi connectivity index (χ1n) is 4.35. The van der Waals surface area contributed by atoms with Gasteiger partial charge in [-0.25, -0.2) is 0 Å². The van der Waals surface area contributed by atoms with Gasteiger partial charge in [0.15, 0.2) is 0 Å². The molecule has 2 unspecified atom stereocenters. The molecular weight excluding hydrogens is 124 g/mol. The summed E-state index contributed by atoms with van der Waals surface area (Å²) in [5.41, 5.74) is 0.677. The minimum absolute atomic E-state index is 0.677. The van der Waals surface area contributed by atoms with Crippen LogP contribution in [0.1, 0.15) is 26.7 Å². The van der Waals surface area contributed by atoms with Crippen LogP contribution in [0.15, 0.2) is 0 Å². The average molecular weight is 138 g/mol. The highest BCUT2D eigenvalue weighted by Crippen LogP contribution is 2.68. The van der Waals surface area contributed by atoms with Crippen LogP contribution in [-0.2, 0) is 4.74 Å². The van der Waals surface area contributed by atoms with Crippen LogP contribution in [-0.4, -0.2) is 12.2 Å². The summed E-state index contributed by atoms with van der Waals surface area (Å²) >= 11 is 0. The molecule has 3 rings (SSSR count). The van der Waals surface area contributed by atoms with E-state index in [0.717, 1.165) is 11.8 Å². The van der Waals surface area contributed by atoms with Crippen molar-refractivity contribution in [2.24, 2.45) is 17.3 Å². The second kappa shape index (κ2) is 1.29. The van der Waals surface area contributed by atoms with E-state index < -0.39 is 0 Å². The quantitative estimate of drug-likeness (QED) is 0.465. The van der Waals surface area contributed by atoms with Gasteiger partial charge in [0, 0.05) is 0 Å². The Morgan fingerprint density at radius 1 is 1.10 bits per heavy atom. The fourth-order valence-electron chi connectivity index (χ4n) is 2.89. The van der Waals surface area contributed by atoms with Crippen molar-refractivity contribution in [3.8, 4) is 0 Å². The molecule has 3 fully saturated rings. The van der Waals surface area contributed by atoms with Crippen LogP contribution in [0.5, 0.6) is 0 Å². The summed E-state index contributed by atoms with van der Waals surface area (Å²) in [5, 5.41) is 0.